The molecular formula is C17H15N3O2S. The fourth-order valence-corrected chi connectivity index (χ4v) is 2.83. The molecule has 0 aliphatic carbocycles. The first-order chi connectivity index (χ1) is 11.3. The second-order valence-electron chi connectivity index (χ2n) is 4.87. The van der Waals surface area contributed by atoms with Crippen LogP contribution in [0.3, 0.4) is 0 Å². The summed E-state index contributed by atoms with van der Waals surface area (Å²) >= 11 is 1.39. The van der Waals surface area contributed by atoms with Crippen LogP contribution in [0.4, 0.5) is 5.13 Å². The molecule has 0 spiro atoms. The van der Waals surface area contributed by atoms with Crippen LogP contribution < -0.4 is 5.32 Å². The molecule has 1 amide bonds. The summed E-state index contributed by atoms with van der Waals surface area (Å²) in [4.78, 5) is 20.8. The van der Waals surface area contributed by atoms with Crippen molar-refractivity contribution in [2.45, 2.75) is 6.61 Å². The van der Waals surface area contributed by atoms with Gasteiger partial charge in [-0.2, -0.15) is 0 Å². The molecule has 0 aliphatic rings. The highest BCUT2D eigenvalue weighted by molar-refractivity contribution is 7.14. The van der Waals surface area contributed by atoms with E-state index in [1.54, 1.807) is 25.6 Å². The van der Waals surface area contributed by atoms with E-state index in [-0.39, 0.29) is 5.91 Å². The summed E-state index contributed by atoms with van der Waals surface area (Å²) in [5.41, 5.74) is 3.26. The highest BCUT2D eigenvalue weighted by Crippen LogP contribution is 2.24. The Labute approximate surface area is 138 Å². The van der Waals surface area contributed by atoms with Gasteiger partial charge in [0, 0.05) is 36.0 Å². The molecule has 6 heteroatoms. The molecule has 0 atom stereocenters. The summed E-state index contributed by atoms with van der Waals surface area (Å²) in [6.45, 7) is 0.476. The zero-order valence-corrected chi connectivity index (χ0v) is 13.3. The highest BCUT2D eigenvalue weighted by Gasteiger charge is 2.10. The minimum Gasteiger partial charge on any atom is -0.380 e. The molecule has 2 aromatic heterocycles. The lowest BCUT2D eigenvalue weighted by molar-refractivity contribution is 0.102. The van der Waals surface area contributed by atoms with E-state index >= 15 is 0 Å². The molecule has 2 heterocycles. The maximum absolute atomic E-state index is 12.3. The number of hydrogen-bond donors (Lipinski definition) is 1. The monoisotopic (exact) mass is 325 g/mol. The van der Waals surface area contributed by atoms with Gasteiger partial charge in [-0.05, 0) is 29.8 Å². The van der Waals surface area contributed by atoms with Crippen LogP contribution in [0.2, 0.25) is 0 Å². The van der Waals surface area contributed by atoms with Gasteiger partial charge in [0.1, 0.15) is 0 Å². The fraction of sp³-hybridized carbons (Fsp3) is 0.118. The summed E-state index contributed by atoms with van der Waals surface area (Å²) in [6.07, 6.45) is 3.46. The Kier molecular flexibility index (Phi) is 4.75. The molecule has 0 bridgehead atoms. The number of benzene rings is 1. The van der Waals surface area contributed by atoms with E-state index in [1.165, 1.54) is 11.3 Å². The number of hydrogen-bond acceptors (Lipinski definition) is 5. The third-order valence-electron chi connectivity index (χ3n) is 3.18. The molecule has 1 N–H and O–H groups in total. The van der Waals surface area contributed by atoms with E-state index in [0.717, 1.165) is 16.8 Å². The summed E-state index contributed by atoms with van der Waals surface area (Å²) < 4.78 is 5.09. The zero-order valence-electron chi connectivity index (χ0n) is 12.5. The topological polar surface area (TPSA) is 64.1 Å². The zero-order chi connectivity index (χ0) is 16.1. The quantitative estimate of drug-likeness (QED) is 0.778. The number of nitrogens with zero attached hydrogens (tertiary/aromatic N) is 2. The van der Waals surface area contributed by atoms with Gasteiger partial charge in [0.15, 0.2) is 5.13 Å². The van der Waals surface area contributed by atoms with Crippen LogP contribution in [0.1, 0.15) is 15.9 Å². The van der Waals surface area contributed by atoms with Crippen molar-refractivity contribution >= 4 is 22.4 Å². The van der Waals surface area contributed by atoms with Crippen molar-refractivity contribution in [2.24, 2.45) is 0 Å². The van der Waals surface area contributed by atoms with Gasteiger partial charge in [-0.3, -0.25) is 15.1 Å². The lowest BCUT2D eigenvalue weighted by Gasteiger charge is -2.04. The van der Waals surface area contributed by atoms with Crippen molar-refractivity contribution in [1.29, 1.82) is 0 Å². The third-order valence-corrected chi connectivity index (χ3v) is 3.94. The van der Waals surface area contributed by atoms with Gasteiger partial charge in [-0.15, -0.1) is 11.3 Å². The molecule has 1 aromatic carbocycles. The number of methoxy groups -OCH3 is 1. The standard InChI is InChI=1S/C17H15N3O2S/c1-22-10-12-4-2-5-13(8-12)16(21)20-17-19-15(11-23-17)14-6-3-7-18-9-14/h2-9,11H,10H2,1H3,(H,19,20,21). The van der Waals surface area contributed by atoms with E-state index in [2.05, 4.69) is 15.3 Å². The molecule has 5 nitrogen and oxygen atoms in total. The number of anilines is 1. The molecule has 0 fully saturated rings. The van der Waals surface area contributed by atoms with Crippen molar-refractivity contribution in [3.05, 3.63) is 65.3 Å². The van der Waals surface area contributed by atoms with Crippen molar-refractivity contribution in [2.75, 3.05) is 12.4 Å². The average molecular weight is 325 g/mol. The molecule has 0 aliphatic heterocycles. The lowest BCUT2D eigenvalue weighted by atomic mass is 10.1. The van der Waals surface area contributed by atoms with Gasteiger partial charge < -0.3 is 4.74 Å². The molecule has 0 unspecified atom stereocenters. The Bertz CT molecular complexity index is 802. The lowest BCUT2D eigenvalue weighted by Crippen LogP contribution is -2.12. The molecule has 23 heavy (non-hydrogen) atoms. The number of pyridine rings is 1. The average Bonchev–Trinajstić information content (AvgIpc) is 3.05. The maximum Gasteiger partial charge on any atom is 0.257 e. The number of nitrogens with one attached hydrogen (secondary N) is 1. The van der Waals surface area contributed by atoms with E-state index < -0.39 is 0 Å². The molecule has 3 rings (SSSR count). The van der Waals surface area contributed by atoms with Crippen LogP contribution in [0.25, 0.3) is 11.3 Å². The van der Waals surface area contributed by atoms with E-state index in [4.69, 9.17) is 4.74 Å². The summed E-state index contributed by atoms with van der Waals surface area (Å²) in [5.74, 6) is -0.185. The first kappa shape index (κ1) is 15.3. The van der Waals surface area contributed by atoms with Crippen LogP contribution in [0, 0.1) is 0 Å². The van der Waals surface area contributed by atoms with Gasteiger partial charge in [0.25, 0.3) is 5.91 Å². The van der Waals surface area contributed by atoms with Crippen LogP contribution in [0.5, 0.6) is 0 Å². The van der Waals surface area contributed by atoms with E-state index in [9.17, 15) is 4.79 Å². The van der Waals surface area contributed by atoms with E-state index in [0.29, 0.717) is 17.3 Å². The van der Waals surface area contributed by atoms with Crippen molar-refractivity contribution in [3.8, 4) is 11.3 Å². The Morgan fingerprint density at radius 1 is 1.30 bits per heavy atom. The first-order valence-electron chi connectivity index (χ1n) is 7.01. The third kappa shape index (κ3) is 3.80. The predicted octanol–water partition coefficient (Wildman–Crippen LogP) is 3.60. The number of ether oxygens (including phenoxy) is 1. The molecule has 3 aromatic rings. The Morgan fingerprint density at radius 3 is 3.00 bits per heavy atom. The molecule has 0 saturated carbocycles. The van der Waals surface area contributed by atoms with Gasteiger partial charge in [-0.1, -0.05) is 12.1 Å². The SMILES string of the molecule is COCc1cccc(C(=O)Nc2nc(-c3cccnc3)cs2)c1. The van der Waals surface area contributed by atoms with Crippen molar-refractivity contribution in [3.63, 3.8) is 0 Å². The Hall–Kier alpha value is -2.57. The number of amides is 1. The second kappa shape index (κ2) is 7.13. The summed E-state index contributed by atoms with van der Waals surface area (Å²) in [7, 11) is 1.63. The van der Waals surface area contributed by atoms with Crippen LogP contribution in [0.15, 0.2) is 54.2 Å². The summed E-state index contributed by atoms with van der Waals surface area (Å²) in [5, 5.41) is 5.28. The summed E-state index contributed by atoms with van der Waals surface area (Å²) in [6, 6.07) is 11.1. The van der Waals surface area contributed by atoms with E-state index in [1.807, 2.05) is 35.7 Å². The number of aromatic nitrogens is 2. The molecular weight excluding hydrogens is 310 g/mol. The van der Waals surface area contributed by atoms with Gasteiger partial charge in [0.2, 0.25) is 0 Å². The Morgan fingerprint density at radius 2 is 2.22 bits per heavy atom. The maximum atomic E-state index is 12.3. The normalized spacial score (nSPS) is 10.5. The van der Waals surface area contributed by atoms with Crippen LogP contribution >= 0.6 is 11.3 Å². The predicted molar refractivity (Wildman–Crippen MR) is 90.5 cm³/mol. The first-order valence-corrected chi connectivity index (χ1v) is 7.89. The highest BCUT2D eigenvalue weighted by atomic mass is 32.1. The van der Waals surface area contributed by atoms with Gasteiger partial charge >= 0.3 is 0 Å². The number of thiazole rings is 1. The smallest absolute Gasteiger partial charge is 0.257 e. The fourth-order valence-electron chi connectivity index (χ4n) is 2.12. The van der Waals surface area contributed by atoms with Crippen LogP contribution in [-0.2, 0) is 11.3 Å². The second-order valence-corrected chi connectivity index (χ2v) is 5.73. The Balaban J connectivity index is 1.73. The number of carbonyl (C=O) groups is 1. The van der Waals surface area contributed by atoms with Gasteiger partial charge in [-0.25, -0.2) is 4.98 Å². The van der Waals surface area contributed by atoms with Crippen molar-refractivity contribution in [1.82, 2.24) is 9.97 Å². The van der Waals surface area contributed by atoms with Gasteiger partial charge in [0.05, 0.1) is 12.3 Å². The minimum absolute atomic E-state index is 0.185. The van der Waals surface area contributed by atoms with Crippen molar-refractivity contribution < 1.29 is 9.53 Å². The number of rotatable bonds is 5. The molecule has 0 radical (unpaired) electrons. The molecule has 116 valence electrons. The van der Waals surface area contributed by atoms with Crippen LogP contribution in [-0.4, -0.2) is 23.0 Å². The number of carbonyl (C=O) groups excluding carboxylic acids is 1. The molecule has 0 saturated heterocycles. The minimum atomic E-state index is -0.185. The largest absolute Gasteiger partial charge is 0.380 e.